The zero-order valence-electron chi connectivity index (χ0n) is 7.94. The van der Waals surface area contributed by atoms with Gasteiger partial charge in [-0.25, -0.2) is 0 Å². The molecule has 0 aliphatic rings. The summed E-state index contributed by atoms with van der Waals surface area (Å²) in [5.41, 5.74) is -0.481. The summed E-state index contributed by atoms with van der Waals surface area (Å²) in [7, 11) is -4.66. The summed E-state index contributed by atoms with van der Waals surface area (Å²) in [6, 6.07) is 1.07. The van der Waals surface area contributed by atoms with Gasteiger partial charge in [0.15, 0.2) is 4.21 Å². The molecular weight excluding hydrogens is 229 g/mol. The van der Waals surface area contributed by atoms with Gasteiger partial charge in [0.2, 0.25) is 5.88 Å². The highest BCUT2D eigenvalue weighted by atomic mass is 32.3. The third-order valence-corrected chi connectivity index (χ3v) is 3.11. The fourth-order valence-corrected chi connectivity index (χ4v) is 1.85. The van der Waals surface area contributed by atoms with Crippen molar-refractivity contribution in [2.75, 3.05) is 0 Å². The predicted octanol–water partition coefficient (Wildman–Crippen LogP) is 1.98. The molecule has 0 bridgehead atoms. The minimum Gasteiger partial charge on any atom is -0.471 e. The van der Waals surface area contributed by atoms with Gasteiger partial charge >= 0.3 is 10.2 Å². The maximum absolute atomic E-state index is 12.5. The highest BCUT2D eigenvalue weighted by Gasteiger charge is 2.20. The predicted molar refractivity (Wildman–Crippen MR) is 50.8 cm³/mol. The van der Waals surface area contributed by atoms with E-state index in [1.54, 1.807) is 20.8 Å². The standard InChI is InChI=1S/C7H10FNO3S2/c1-7(2,3)12-5-4-6(13-9-5)14(8,10)11/h4H,1-3H3. The average molecular weight is 239 g/mol. The van der Waals surface area contributed by atoms with Crippen LogP contribution in [0.3, 0.4) is 0 Å². The van der Waals surface area contributed by atoms with Crippen molar-refractivity contribution < 1.29 is 17.0 Å². The summed E-state index contributed by atoms with van der Waals surface area (Å²) in [6.45, 7) is 5.36. The number of ether oxygens (including phenoxy) is 1. The topological polar surface area (TPSA) is 56.3 Å². The number of rotatable bonds is 2. The molecule has 0 radical (unpaired) electrons. The Labute approximate surface area is 86.1 Å². The molecule has 0 aromatic carbocycles. The Bertz CT molecular complexity index is 418. The van der Waals surface area contributed by atoms with Crippen LogP contribution in [0.25, 0.3) is 0 Å². The van der Waals surface area contributed by atoms with Crippen LogP contribution in [0.2, 0.25) is 0 Å². The third kappa shape index (κ3) is 3.22. The first kappa shape index (κ1) is 11.4. The monoisotopic (exact) mass is 239 g/mol. The van der Waals surface area contributed by atoms with Gasteiger partial charge in [-0.2, -0.15) is 12.8 Å². The molecular formula is C7H10FNO3S2. The lowest BCUT2D eigenvalue weighted by Crippen LogP contribution is -2.23. The van der Waals surface area contributed by atoms with E-state index in [0.29, 0.717) is 11.5 Å². The Morgan fingerprint density at radius 1 is 1.50 bits per heavy atom. The van der Waals surface area contributed by atoms with Crippen molar-refractivity contribution in [1.82, 2.24) is 4.37 Å². The van der Waals surface area contributed by atoms with Crippen LogP contribution >= 0.6 is 11.5 Å². The van der Waals surface area contributed by atoms with E-state index in [-0.39, 0.29) is 5.88 Å². The molecule has 14 heavy (non-hydrogen) atoms. The van der Waals surface area contributed by atoms with E-state index >= 15 is 0 Å². The van der Waals surface area contributed by atoms with Gasteiger partial charge in [-0.05, 0) is 32.3 Å². The lowest BCUT2D eigenvalue weighted by molar-refractivity contribution is 0.125. The minimum absolute atomic E-state index is 0.124. The van der Waals surface area contributed by atoms with E-state index in [1.165, 1.54) is 0 Å². The maximum atomic E-state index is 12.5. The molecule has 0 saturated heterocycles. The summed E-state index contributed by atoms with van der Waals surface area (Å²) >= 11 is 0.559. The molecule has 0 spiro atoms. The Morgan fingerprint density at radius 3 is 2.43 bits per heavy atom. The quantitative estimate of drug-likeness (QED) is 0.740. The van der Waals surface area contributed by atoms with E-state index in [9.17, 15) is 12.3 Å². The lowest BCUT2D eigenvalue weighted by atomic mass is 10.2. The summed E-state index contributed by atoms with van der Waals surface area (Å²) in [5.74, 6) is 0.124. The molecule has 1 aromatic rings. The molecule has 7 heteroatoms. The van der Waals surface area contributed by atoms with Crippen molar-refractivity contribution >= 4 is 21.8 Å². The normalized spacial score (nSPS) is 12.9. The van der Waals surface area contributed by atoms with E-state index in [4.69, 9.17) is 4.74 Å². The number of halogens is 1. The van der Waals surface area contributed by atoms with Gasteiger partial charge in [0.1, 0.15) is 5.60 Å². The molecule has 0 N–H and O–H groups in total. The van der Waals surface area contributed by atoms with Crippen molar-refractivity contribution in [2.24, 2.45) is 0 Å². The number of aromatic nitrogens is 1. The summed E-state index contributed by atoms with van der Waals surface area (Å²) in [6.07, 6.45) is 0. The maximum Gasteiger partial charge on any atom is 0.343 e. The highest BCUT2D eigenvalue weighted by Crippen LogP contribution is 2.25. The third-order valence-electron chi connectivity index (χ3n) is 1.12. The van der Waals surface area contributed by atoms with Crippen LogP contribution in [0.4, 0.5) is 3.89 Å². The molecule has 0 saturated carbocycles. The molecule has 1 heterocycles. The Kier molecular flexibility index (Phi) is 2.82. The van der Waals surface area contributed by atoms with Gasteiger partial charge in [0.25, 0.3) is 0 Å². The average Bonchev–Trinajstić information content (AvgIpc) is 2.29. The first-order chi connectivity index (χ1) is 6.18. The summed E-state index contributed by atoms with van der Waals surface area (Å²) < 4.78 is 41.9. The van der Waals surface area contributed by atoms with Crippen LogP contribution in [0, 0.1) is 0 Å². The Balaban J connectivity index is 2.90. The largest absolute Gasteiger partial charge is 0.471 e. The SMILES string of the molecule is CC(C)(C)Oc1cc(S(=O)(=O)F)sn1. The first-order valence-electron chi connectivity index (χ1n) is 3.79. The second kappa shape index (κ2) is 3.47. The van der Waals surface area contributed by atoms with Crippen LogP contribution in [0.15, 0.2) is 10.3 Å². The lowest BCUT2D eigenvalue weighted by Gasteiger charge is -2.18. The molecule has 1 aromatic heterocycles. The first-order valence-corrected chi connectivity index (χ1v) is 5.94. The fourth-order valence-electron chi connectivity index (χ4n) is 0.720. The highest BCUT2D eigenvalue weighted by molar-refractivity contribution is 7.88. The van der Waals surface area contributed by atoms with Gasteiger partial charge < -0.3 is 4.74 Å². The second-order valence-electron chi connectivity index (χ2n) is 3.64. The molecule has 0 atom stereocenters. The van der Waals surface area contributed by atoms with Crippen molar-refractivity contribution in [1.29, 1.82) is 0 Å². The molecule has 0 aliphatic carbocycles. The molecule has 0 amide bonds. The second-order valence-corrected chi connectivity index (χ2v) is 6.02. The minimum atomic E-state index is -4.66. The van der Waals surface area contributed by atoms with Gasteiger partial charge in [-0.1, -0.05) is 3.89 Å². The summed E-state index contributed by atoms with van der Waals surface area (Å²) in [4.78, 5) is 0. The Morgan fingerprint density at radius 2 is 2.07 bits per heavy atom. The van der Waals surface area contributed by atoms with Gasteiger partial charge in [-0.15, -0.1) is 0 Å². The van der Waals surface area contributed by atoms with E-state index in [2.05, 4.69) is 4.37 Å². The van der Waals surface area contributed by atoms with Crippen LogP contribution in [0.5, 0.6) is 5.88 Å². The van der Waals surface area contributed by atoms with Crippen LogP contribution in [-0.4, -0.2) is 18.4 Å². The van der Waals surface area contributed by atoms with Crippen LogP contribution in [-0.2, 0) is 10.2 Å². The van der Waals surface area contributed by atoms with Crippen molar-refractivity contribution in [3.8, 4) is 5.88 Å². The zero-order chi connectivity index (χ0) is 11.0. The molecule has 4 nitrogen and oxygen atoms in total. The molecule has 1 rings (SSSR count). The smallest absolute Gasteiger partial charge is 0.343 e. The number of nitrogens with zero attached hydrogens (tertiary/aromatic N) is 1. The number of hydrogen-bond donors (Lipinski definition) is 0. The molecule has 80 valence electrons. The van der Waals surface area contributed by atoms with Crippen molar-refractivity contribution in [3.63, 3.8) is 0 Å². The number of hydrogen-bond acceptors (Lipinski definition) is 5. The van der Waals surface area contributed by atoms with E-state index in [1.807, 2.05) is 0 Å². The van der Waals surface area contributed by atoms with Crippen molar-refractivity contribution in [2.45, 2.75) is 30.6 Å². The fraction of sp³-hybridized carbons (Fsp3) is 0.571. The van der Waals surface area contributed by atoms with Crippen molar-refractivity contribution in [3.05, 3.63) is 6.07 Å². The van der Waals surface area contributed by atoms with Gasteiger partial charge in [0, 0.05) is 6.07 Å². The van der Waals surface area contributed by atoms with Gasteiger partial charge in [-0.3, -0.25) is 0 Å². The molecule has 0 fully saturated rings. The molecule has 0 unspecified atom stereocenters. The van der Waals surface area contributed by atoms with Crippen LogP contribution < -0.4 is 4.74 Å². The Hall–Kier alpha value is -0.690. The van der Waals surface area contributed by atoms with E-state index < -0.39 is 20.0 Å². The van der Waals surface area contributed by atoms with Gasteiger partial charge in [0.05, 0.1) is 0 Å². The van der Waals surface area contributed by atoms with E-state index in [0.717, 1.165) is 6.07 Å². The summed E-state index contributed by atoms with van der Waals surface area (Å²) in [5, 5.41) is 0. The molecule has 0 aliphatic heterocycles. The van der Waals surface area contributed by atoms with Crippen LogP contribution in [0.1, 0.15) is 20.8 Å². The zero-order valence-corrected chi connectivity index (χ0v) is 9.58.